The van der Waals surface area contributed by atoms with Crippen molar-refractivity contribution in [2.45, 2.75) is 65.0 Å². The Hall–Kier alpha value is -1.43. The van der Waals surface area contributed by atoms with Crippen molar-refractivity contribution in [1.29, 1.82) is 0 Å². The van der Waals surface area contributed by atoms with E-state index in [0.29, 0.717) is 24.9 Å². The summed E-state index contributed by atoms with van der Waals surface area (Å²) >= 11 is 0. The lowest BCUT2D eigenvalue weighted by Crippen LogP contribution is -2.33. The standard InChI is InChI=1S/C16H28N4O2/c1-12(2)20-11-18-19-15(20)7-8-17-16(21)10-22-14-6-4-5-13(3)9-14/h11-14H,4-10H2,1-3H3,(H,17,21)/t13-,14+/m1/s1. The molecule has 1 amide bonds. The van der Waals surface area contributed by atoms with Crippen molar-refractivity contribution in [3.8, 4) is 0 Å². The Kier molecular flexibility index (Phi) is 6.36. The van der Waals surface area contributed by atoms with Crippen LogP contribution in [0, 0.1) is 5.92 Å². The summed E-state index contributed by atoms with van der Waals surface area (Å²) in [5.41, 5.74) is 0. The molecule has 0 radical (unpaired) electrons. The number of ether oxygens (including phenoxy) is 1. The Morgan fingerprint density at radius 3 is 3.05 bits per heavy atom. The summed E-state index contributed by atoms with van der Waals surface area (Å²) < 4.78 is 7.74. The van der Waals surface area contributed by atoms with Crippen molar-refractivity contribution in [2.75, 3.05) is 13.2 Å². The van der Waals surface area contributed by atoms with Gasteiger partial charge in [-0.25, -0.2) is 0 Å². The minimum atomic E-state index is -0.0474. The van der Waals surface area contributed by atoms with Gasteiger partial charge in [0.25, 0.3) is 0 Å². The van der Waals surface area contributed by atoms with Crippen LogP contribution >= 0.6 is 0 Å². The number of carbonyl (C=O) groups excluding carboxylic acids is 1. The van der Waals surface area contributed by atoms with E-state index in [9.17, 15) is 4.79 Å². The van der Waals surface area contributed by atoms with Crippen molar-refractivity contribution in [2.24, 2.45) is 5.92 Å². The molecule has 2 rings (SSSR count). The number of nitrogens with one attached hydrogen (secondary N) is 1. The van der Waals surface area contributed by atoms with Crippen LogP contribution in [-0.4, -0.2) is 39.9 Å². The molecule has 1 aliphatic rings. The molecule has 1 aliphatic carbocycles. The molecule has 124 valence electrons. The molecule has 1 N–H and O–H groups in total. The maximum atomic E-state index is 11.8. The monoisotopic (exact) mass is 308 g/mol. The minimum absolute atomic E-state index is 0.0474. The summed E-state index contributed by atoms with van der Waals surface area (Å²) in [5.74, 6) is 1.57. The summed E-state index contributed by atoms with van der Waals surface area (Å²) in [6.07, 6.45) is 7.30. The molecule has 0 spiro atoms. The molecule has 1 aromatic heterocycles. The van der Waals surface area contributed by atoms with E-state index < -0.39 is 0 Å². The molecule has 0 aromatic carbocycles. The van der Waals surface area contributed by atoms with Crippen LogP contribution in [0.1, 0.15) is 58.3 Å². The van der Waals surface area contributed by atoms with Gasteiger partial charge in [-0.15, -0.1) is 10.2 Å². The summed E-state index contributed by atoms with van der Waals surface area (Å²) in [5, 5.41) is 10.9. The van der Waals surface area contributed by atoms with Crippen LogP contribution in [0.5, 0.6) is 0 Å². The summed E-state index contributed by atoms with van der Waals surface area (Å²) in [6.45, 7) is 7.15. The smallest absolute Gasteiger partial charge is 0.246 e. The van der Waals surface area contributed by atoms with Gasteiger partial charge in [0.1, 0.15) is 18.8 Å². The van der Waals surface area contributed by atoms with Crippen LogP contribution in [0.2, 0.25) is 0 Å². The van der Waals surface area contributed by atoms with E-state index >= 15 is 0 Å². The number of aromatic nitrogens is 3. The second kappa shape index (κ2) is 8.27. The molecule has 6 nitrogen and oxygen atoms in total. The first-order valence-electron chi connectivity index (χ1n) is 8.33. The SMILES string of the molecule is CC(C)n1cnnc1CCNC(=O)CO[C@H]1CCC[C@@H](C)C1. The number of hydrogen-bond acceptors (Lipinski definition) is 4. The lowest BCUT2D eigenvalue weighted by atomic mass is 9.89. The molecule has 0 aliphatic heterocycles. The van der Waals surface area contributed by atoms with Gasteiger partial charge < -0.3 is 14.6 Å². The largest absolute Gasteiger partial charge is 0.368 e. The number of carbonyl (C=O) groups is 1. The zero-order chi connectivity index (χ0) is 15.9. The van der Waals surface area contributed by atoms with Crippen LogP contribution in [0.3, 0.4) is 0 Å². The molecule has 0 bridgehead atoms. The fourth-order valence-corrected chi connectivity index (χ4v) is 2.96. The highest BCUT2D eigenvalue weighted by molar-refractivity contribution is 5.77. The van der Waals surface area contributed by atoms with Crippen molar-refractivity contribution in [1.82, 2.24) is 20.1 Å². The highest BCUT2D eigenvalue weighted by Gasteiger charge is 2.20. The van der Waals surface area contributed by atoms with Crippen molar-refractivity contribution in [3.63, 3.8) is 0 Å². The fourth-order valence-electron chi connectivity index (χ4n) is 2.96. The average molecular weight is 308 g/mol. The average Bonchev–Trinajstić information content (AvgIpc) is 2.94. The summed E-state index contributed by atoms with van der Waals surface area (Å²) in [7, 11) is 0. The molecule has 22 heavy (non-hydrogen) atoms. The molecule has 6 heteroatoms. The Morgan fingerprint density at radius 2 is 2.32 bits per heavy atom. The summed E-state index contributed by atoms with van der Waals surface area (Å²) in [6, 6.07) is 0.331. The molecular formula is C16H28N4O2. The van der Waals surface area contributed by atoms with Gasteiger partial charge >= 0.3 is 0 Å². The van der Waals surface area contributed by atoms with Gasteiger partial charge in [-0.05, 0) is 32.6 Å². The number of rotatable bonds is 7. The van der Waals surface area contributed by atoms with Crippen LogP contribution < -0.4 is 5.32 Å². The third-order valence-corrected chi connectivity index (χ3v) is 4.21. The predicted molar refractivity (Wildman–Crippen MR) is 84.5 cm³/mol. The van der Waals surface area contributed by atoms with Gasteiger partial charge in [-0.2, -0.15) is 0 Å². The van der Waals surface area contributed by atoms with Gasteiger partial charge in [0, 0.05) is 19.0 Å². The van der Waals surface area contributed by atoms with Crippen molar-refractivity contribution in [3.05, 3.63) is 12.2 Å². The molecule has 0 unspecified atom stereocenters. The first kappa shape index (κ1) is 16.9. The minimum Gasteiger partial charge on any atom is -0.368 e. The highest BCUT2D eigenvalue weighted by Crippen LogP contribution is 2.25. The molecule has 2 atom stereocenters. The molecule has 0 saturated heterocycles. The van der Waals surface area contributed by atoms with Gasteiger partial charge in [0.05, 0.1) is 6.10 Å². The molecular weight excluding hydrogens is 280 g/mol. The zero-order valence-corrected chi connectivity index (χ0v) is 13.9. The fraction of sp³-hybridized carbons (Fsp3) is 0.812. The topological polar surface area (TPSA) is 69.0 Å². The lowest BCUT2D eigenvalue weighted by Gasteiger charge is -2.26. The predicted octanol–water partition coefficient (Wildman–Crippen LogP) is 2.11. The van der Waals surface area contributed by atoms with E-state index in [2.05, 4.69) is 36.3 Å². The van der Waals surface area contributed by atoms with Crippen LogP contribution in [0.15, 0.2) is 6.33 Å². The molecule has 1 heterocycles. The van der Waals surface area contributed by atoms with E-state index in [1.807, 2.05) is 4.57 Å². The van der Waals surface area contributed by atoms with E-state index in [1.54, 1.807) is 6.33 Å². The zero-order valence-electron chi connectivity index (χ0n) is 13.9. The molecule has 1 saturated carbocycles. The third-order valence-electron chi connectivity index (χ3n) is 4.21. The van der Waals surface area contributed by atoms with Gasteiger partial charge in [0.2, 0.25) is 5.91 Å². The van der Waals surface area contributed by atoms with Crippen LogP contribution in [0.25, 0.3) is 0 Å². The van der Waals surface area contributed by atoms with Crippen LogP contribution in [0.4, 0.5) is 0 Å². The van der Waals surface area contributed by atoms with Crippen molar-refractivity contribution < 1.29 is 9.53 Å². The van der Waals surface area contributed by atoms with Gasteiger partial charge in [-0.1, -0.05) is 19.8 Å². The van der Waals surface area contributed by atoms with Crippen molar-refractivity contribution >= 4 is 5.91 Å². The maximum absolute atomic E-state index is 11.8. The number of amides is 1. The van der Waals surface area contributed by atoms with E-state index in [1.165, 1.54) is 12.8 Å². The Bertz CT molecular complexity index is 472. The quantitative estimate of drug-likeness (QED) is 0.837. The van der Waals surface area contributed by atoms with Gasteiger partial charge in [0.15, 0.2) is 0 Å². The Labute approximate surface area is 132 Å². The lowest BCUT2D eigenvalue weighted by molar-refractivity contribution is -0.128. The second-order valence-corrected chi connectivity index (χ2v) is 6.55. The Balaban J connectivity index is 1.64. The van der Waals surface area contributed by atoms with Gasteiger partial charge in [-0.3, -0.25) is 4.79 Å². The number of nitrogens with zero attached hydrogens (tertiary/aromatic N) is 3. The van der Waals surface area contributed by atoms with Crippen LogP contribution in [-0.2, 0) is 16.0 Å². The summed E-state index contributed by atoms with van der Waals surface area (Å²) in [4.78, 5) is 11.8. The molecule has 1 fully saturated rings. The highest BCUT2D eigenvalue weighted by atomic mass is 16.5. The normalized spacial score (nSPS) is 22.0. The van der Waals surface area contributed by atoms with E-state index in [0.717, 1.165) is 18.7 Å². The number of hydrogen-bond donors (Lipinski definition) is 1. The van der Waals surface area contributed by atoms with E-state index in [4.69, 9.17) is 4.74 Å². The second-order valence-electron chi connectivity index (χ2n) is 6.55. The van der Waals surface area contributed by atoms with E-state index in [-0.39, 0.29) is 18.6 Å². The Morgan fingerprint density at radius 1 is 1.50 bits per heavy atom. The first-order chi connectivity index (χ1) is 10.6. The first-order valence-corrected chi connectivity index (χ1v) is 8.33. The maximum Gasteiger partial charge on any atom is 0.246 e. The third kappa shape index (κ3) is 5.09. The molecule has 1 aromatic rings.